The summed E-state index contributed by atoms with van der Waals surface area (Å²) in [5, 5.41) is 2.16. The molecular weight excluding hydrogens is 334 g/mol. The topological polar surface area (TPSA) is 65.1 Å². The first-order valence-electron chi connectivity index (χ1n) is 8.83. The monoisotopic (exact) mass is 357 g/mol. The molecule has 6 nitrogen and oxygen atoms in total. The molecule has 138 valence electrons. The summed E-state index contributed by atoms with van der Waals surface area (Å²) < 4.78 is 10.8. The third-order valence-corrected chi connectivity index (χ3v) is 4.56. The average Bonchev–Trinajstić information content (AvgIpc) is 2.91. The van der Waals surface area contributed by atoms with Gasteiger partial charge in [0, 0.05) is 5.39 Å². The minimum absolute atomic E-state index is 0.293. The normalized spacial score (nSPS) is 13.4. The Morgan fingerprint density at radius 2 is 1.73 bits per heavy atom. The molecule has 2 aromatic rings. The Balaban J connectivity index is 1.97. The maximum absolute atomic E-state index is 12.8. The Labute approximate surface area is 152 Å². The Hall–Kier alpha value is -2.60. The first kappa shape index (κ1) is 18.2. The molecule has 0 fully saturated rings. The Bertz CT molecular complexity index is 846. The molecule has 2 aromatic carbocycles. The molecule has 0 saturated heterocycles. The number of amides is 2. The molecule has 0 unspecified atom stereocenters. The van der Waals surface area contributed by atoms with Crippen LogP contribution in [0.1, 0.15) is 53.3 Å². The summed E-state index contributed by atoms with van der Waals surface area (Å²) in [6.07, 6.45) is 4.03. The van der Waals surface area contributed by atoms with Crippen LogP contribution in [0.5, 0.6) is 11.5 Å². The van der Waals surface area contributed by atoms with Gasteiger partial charge in [-0.2, -0.15) is 0 Å². The molecule has 0 aromatic heterocycles. The molecule has 0 atom stereocenters. The number of nitrogens with zero attached hydrogens (tertiary/aromatic N) is 1. The Morgan fingerprint density at radius 3 is 2.42 bits per heavy atom. The van der Waals surface area contributed by atoms with E-state index >= 15 is 0 Å². The minimum atomic E-state index is -0.455. The van der Waals surface area contributed by atoms with E-state index in [2.05, 4.69) is 6.92 Å². The van der Waals surface area contributed by atoms with Crippen molar-refractivity contribution in [3.63, 3.8) is 0 Å². The molecule has 0 N–H and O–H groups in total. The highest BCUT2D eigenvalue weighted by atomic mass is 16.7. The van der Waals surface area contributed by atoms with Crippen LogP contribution in [-0.4, -0.2) is 37.7 Å². The van der Waals surface area contributed by atoms with Crippen LogP contribution in [0.2, 0.25) is 0 Å². The van der Waals surface area contributed by atoms with Gasteiger partial charge in [-0.05, 0) is 18.6 Å². The summed E-state index contributed by atoms with van der Waals surface area (Å²) >= 11 is 0. The van der Waals surface area contributed by atoms with Crippen molar-refractivity contribution in [1.82, 2.24) is 5.06 Å². The van der Waals surface area contributed by atoms with Crippen molar-refractivity contribution in [3.8, 4) is 11.5 Å². The van der Waals surface area contributed by atoms with Crippen molar-refractivity contribution in [1.29, 1.82) is 0 Å². The molecular formula is C20H23NO5. The molecule has 6 heteroatoms. The van der Waals surface area contributed by atoms with Crippen LogP contribution in [0.25, 0.3) is 10.8 Å². The van der Waals surface area contributed by atoms with Crippen molar-refractivity contribution in [2.24, 2.45) is 0 Å². The van der Waals surface area contributed by atoms with E-state index in [0.717, 1.165) is 30.7 Å². The summed E-state index contributed by atoms with van der Waals surface area (Å²) in [6, 6.07) is 6.95. The predicted octanol–water partition coefficient (Wildman–Crippen LogP) is 3.96. The van der Waals surface area contributed by atoms with E-state index < -0.39 is 11.8 Å². The highest BCUT2D eigenvalue weighted by molar-refractivity contribution is 6.27. The number of ether oxygens (including phenoxy) is 2. The van der Waals surface area contributed by atoms with Crippen molar-refractivity contribution < 1.29 is 23.9 Å². The number of rotatable bonds is 8. The van der Waals surface area contributed by atoms with Crippen molar-refractivity contribution >= 4 is 22.6 Å². The summed E-state index contributed by atoms with van der Waals surface area (Å²) in [4.78, 5) is 31.0. The third kappa shape index (κ3) is 3.01. The molecule has 0 bridgehead atoms. The van der Waals surface area contributed by atoms with E-state index in [1.54, 1.807) is 31.4 Å². The van der Waals surface area contributed by atoms with E-state index in [9.17, 15) is 9.59 Å². The summed E-state index contributed by atoms with van der Waals surface area (Å²) in [5.41, 5.74) is 0.624. The second-order valence-corrected chi connectivity index (χ2v) is 6.18. The number of hydrogen-bond donors (Lipinski definition) is 0. The van der Waals surface area contributed by atoms with Gasteiger partial charge in [0.2, 0.25) is 0 Å². The van der Waals surface area contributed by atoms with E-state index in [-0.39, 0.29) is 0 Å². The second-order valence-electron chi connectivity index (χ2n) is 6.18. The van der Waals surface area contributed by atoms with E-state index in [1.807, 2.05) is 0 Å². The fourth-order valence-corrected chi connectivity index (χ4v) is 3.25. The van der Waals surface area contributed by atoms with Crippen molar-refractivity contribution in [2.75, 3.05) is 20.8 Å². The lowest BCUT2D eigenvalue weighted by Crippen LogP contribution is -2.30. The Kier molecular flexibility index (Phi) is 5.42. The number of carbonyl (C=O) groups excluding carboxylic acids is 2. The molecule has 1 aliphatic heterocycles. The second kappa shape index (κ2) is 7.74. The number of unbranched alkanes of at least 4 members (excludes halogenated alkanes) is 3. The maximum atomic E-state index is 12.8. The summed E-state index contributed by atoms with van der Waals surface area (Å²) in [7, 11) is 3.08. The first-order chi connectivity index (χ1) is 12.6. The van der Waals surface area contributed by atoms with Crippen LogP contribution in [-0.2, 0) is 4.84 Å². The Morgan fingerprint density at radius 1 is 0.962 bits per heavy atom. The van der Waals surface area contributed by atoms with Crippen LogP contribution < -0.4 is 9.47 Å². The minimum Gasteiger partial charge on any atom is -0.496 e. The maximum Gasteiger partial charge on any atom is 0.286 e. The van der Waals surface area contributed by atoms with Crippen LogP contribution >= 0.6 is 0 Å². The van der Waals surface area contributed by atoms with Gasteiger partial charge in [0.15, 0.2) is 0 Å². The van der Waals surface area contributed by atoms with Crippen molar-refractivity contribution in [2.45, 2.75) is 32.6 Å². The first-order valence-corrected chi connectivity index (χ1v) is 8.83. The van der Waals surface area contributed by atoms with Gasteiger partial charge in [0.25, 0.3) is 11.8 Å². The molecule has 26 heavy (non-hydrogen) atoms. The molecule has 3 rings (SSSR count). The third-order valence-electron chi connectivity index (χ3n) is 4.56. The molecule has 0 aliphatic carbocycles. The molecule has 0 radical (unpaired) electrons. The quantitative estimate of drug-likeness (QED) is 0.528. The van der Waals surface area contributed by atoms with Gasteiger partial charge in [0.05, 0.1) is 37.3 Å². The number of benzene rings is 2. The van der Waals surface area contributed by atoms with E-state index in [4.69, 9.17) is 14.3 Å². The SMILES string of the molecule is CCCCCCON1C(=O)c2cc(OC)c3c(OC)cccc3c2C1=O. The van der Waals surface area contributed by atoms with Gasteiger partial charge >= 0.3 is 0 Å². The van der Waals surface area contributed by atoms with Crippen LogP contribution in [0.15, 0.2) is 24.3 Å². The number of imide groups is 1. The fraction of sp³-hybridized carbons (Fsp3) is 0.400. The van der Waals surface area contributed by atoms with Crippen LogP contribution in [0, 0.1) is 0 Å². The highest BCUT2D eigenvalue weighted by Gasteiger charge is 2.39. The molecule has 0 saturated carbocycles. The number of fused-ring (bicyclic) bond motifs is 3. The van der Waals surface area contributed by atoms with E-state index in [0.29, 0.717) is 40.0 Å². The molecule has 1 aliphatic rings. The number of carbonyl (C=O) groups is 2. The lowest BCUT2D eigenvalue weighted by molar-refractivity contribution is -0.0922. The zero-order valence-corrected chi connectivity index (χ0v) is 15.3. The van der Waals surface area contributed by atoms with Crippen molar-refractivity contribution in [3.05, 3.63) is 35.4 Å². The zero-order valence-electron chi connectivity index (χ0n) is 15.3. The number of methoxy groups -OCH3 is 2. The van der Waals surface area contributed by atoms with Crippen LogP contribution in [0.4, 0.5) is 0 Å². The van der Waals surface area contributed by atoms with Gasteiger partial charge < -0.3 is 9.47 Å². The standard InChI is InChI=1S/C20H23NO5/c1-4-5-6-7-11-26-21-19(22)14-12-16(25-3)18-13(17(14)20(21)23)9-8-10-15(18)24-2/h8-10,12H,4-7,11H2,1-3H3. The lowest BCUT2D eigenvalue weighted by atomic mass is 9.98. The molecule has 2 amide bonds. The van der Waals surface area contributed by atoms with E-state index in [1.165, 1.54) is 7.11 Å². The molecule has 0 spiro atoms. The molecule has 1 heterocycles. The fourth-order valence-electron chi connectivity index (χ4n) is 3.25. The highest BCUT2D eigenvalue weighted by Crippen LogP contribution is 2.40. The number of hydrogen-bond acceptors (Lipinski definition) is 5. The predicted molar refractivity (Wildman–Crippen MR) is 97.6 cm³/mol. The number of hydroxylamine groups is 2. The van der Waals surface area contributed by atoms with Gasteiger partial charge in [-0.3, -0.25) is 14.4 Å². The average molecular weight is 357 g/mol. The van der Waals surface area contributed by atoms with Gasteiger partial charge in [-0.1, -0.05) is 38.3 Å². The van der Waals surface area contributed by atoms with Gasteiger partial charge in [-0.25, -0.2) is 0 Å². The van der Waals surface area contributed by atoms with Crippen LogP contribution in [0.3, 0.4) is 0 Å². The summed E-state index contributed by atoms with van der Waals surface area (Å²) in [6.45, 7) is 2.46. The zero-order chi connectivity index (χ0) is 18.7. The van der Waals surface area contributed by atoms with Gasteiger partial charge in [0.1, 0.15) is 11.5 Å². The lowest BCUT2D eigenvalue weighted by Gasteiger charge is -2.13. The van der Waals surface area contributed by atoms with Gasteiger partial charge in [-0.15, -0.1) is 5.06 Å². The largest absolute Gasteiger partial charge is 0.496 e. The summed E-state index contributed by atoms with van der Waals surface area (Å²) in [5.74, 6) is 0.174. The smallest absolute Gasteiger partial charge is 0.286 e.